The van der Waals surface area contributed by atoms with E-state index in [1.807, 2.05) is 61.5 Å². The van der Waals surface area contributed by atoms with Crippen LogP contribution in [0, 0.1) is 0 Å². The maximum atomic E-state index is 10.6. The van der Waals surface area contributed by atoms with Gasteiger partial charge in [-0.3, -0.25) is 4.48 Å². The second kappa shape index (κ2) is 6.74. The Morgan fingerprint density at radius 3 is 2.32 bits per heavy atom. The second-order valence-corrected chi connectivity index (χ2v) is 7.00. The number of hydrazone groups is 1. The first kappa shape index (κ1) is 17.3. The largest absolute Gasteiger partial charge is 0.369 e. The lowest BCUT2D eigenvalue weighted by molar-refractivity contribution is 0.170. The second-order valence-electron chi connectivity index (χ2n) is 7.00. The third-order valence-electron chi connectivity index (χ3n) is 4.14. The molecule has 2 aromatic carbocycles. The van der Waals surface area contributed by atoms with Gasteiger partial charge in [-0.05, 0) is 25.1 Å². The topological polar surface area (TPSA) is 60.5 Å². The van der Waals surface area contributed by atoms with Crippen LogP contribution >= 0.6 is 0 Å². The van der Waals surface area contributed by atoms with E-state index in [1.54, 1.807) is 5.01 Å². The molecule has 1 heterocycles. The van der Waals surface area contributed by atoms with Crippen molar-refractivity contribution >= 4 is 22.8 Å². The van der Waals surface area contributed by atoms with E-state index in [1.165, 1.54) is 0 Å². The molecule has 0 bridgehead atoms. The molecule has 2 unspecified atom stereocenters. The van der Waals surface area contributed by atoms with E-state index in [2.05, 4.69) is 36.5 Å². The zero-order valence-electron chi connectivity index (χ0n) is 15.0. The number of azo groups is 1. The van der Waals surface area contributed by atoms with Crippen LogP contribution in [0.2, 0.25) is 0 Å². The number of benzene rings is 2. The molecule has 2 aromatic rings. The van der Waals surface area contributed by atoms with Crippen LogP contribution in [0.4, 0.5) is 17.1 Å². The molecule has 0 amide bonds. The standard InChI is InChI=1S/C19H24N5O/c1-14-18(19(25)23(22-14)15-10-6-5-7-11-15)21-20-16-12-8-9-13-17(16)24(2,3)4/h5-13,18-19,25H,1-4H3/q+1/b21-20+. The molecule has 130 valence electrons. The molecule has 0 aromatic heterocycles. The molecule has 1 aliphatic heterocycles. The Morgan fingerprint density at radius 2 is 1.64 bits per heavy atom. The monoisotopic (exact) mass is 338 g/mol. The number of hydrogen-bond donors (Lipinski definition) is 1. The Bertz CT molecular complexity index is 795. The number of aliphatic hydroxyl groups is 1. The molecular formula is C19H24N5O+. The fourth-order valence-corrected chi connectivity index (χ4v) is 2.81. The van der Waals surface area contributed by atoms with Crippen molar-refractivity contribution in [3.05, 3.63) is 54.6 Å². The van der Waals surface area contributed by atoms with Crippen molar-refractivity contribution < 1.29 is 5.11 Å². The Morgan fingerprint density at radius 1 is 1.00 bits per heavy atom. The number of anilines is 1. The number of aliphatic hydroxyl groups excluding tert-OH is 1. The van der Waals surface area contributed by atoms with Gasteiger partial charge >= 0.3 is 0 Å². The average Bonchev–Trinajstić information content (AvgIpc) is 2.87. The molecule has 25 heavy (non-hydrogen) atoms. The summed E-state index contributed by atoms with van der Waals surface area (Å²) in [4.78, 5) is 0. The van der Waals surface area contributed by atoms with Gasteiger partial charge in [0.15, 0.2) is 18.0 Å². The summed E-state index contributed by atoms with van der Waals surface area (Å²) >= 11 is 0. The average molecular weight is 338 g/mol. The van der Waals surface area contributed by atoms with Crippen molar-refractivity contribution in [3.8, 4) is 0 Å². The molecule has 0 aliphatic carbocycles. The summed E-state index contributed by atoms with van der Waals surface area (Å²) in [6.07, 6.45) is -0.859. The lowest BCUT2D eigenvalue weighted by Crippen LogP contribution is -2.35. The van der Waals surface area contributed by atoms with Gasteiger partial charge in [-0.2, -0.15) is 10.2 Å². The predicted octanol–water partition coefficient (Wildman–Crippen LogP) is 3.55. The van der Waals surface area contributed by atoms with Crippen LogP contribution in [0.25, 0.3) is 0 Å². The van der Waals surface area contributed by atoms with Gasteiger partial charge in [-0.15, -0.1) is 5.11 Å². The lowest BCUT2D eigenvalue weighted by atomic mass is 10.2. The van der Waals surface area contributed by atoms with Gasteiger partial charge < -0.3 is 5.11 Å². The van der Waals surface area contributed by atoms with Crippen molar-refractivity contribution in [2.75, 3.05) is 26.2 Å². The van der Waals surface area contributed by atoms with Crippen molar-refractivity contribution in [3.63, 3.8) is 0 Å². The van der Waals surface area contributed by atoms with E-state index >= 15 is 0 Å². The maximum Gasteiger partial charge on any atom is 0.177 e. The number of para-hydroxylation sites is 2. The van der Waals surface area contributed by atoms with Crippen molar-refractivity contribution in [2.45, 2.75) is 19.2 Å². The first-order chi connectivity index (χ1) is 11.9. The summed E-state index contributed by atoms with van der Waals surface area (Å²) in [6.45, 7) is 1.86. The fraction of sp³-hybridized carbons (Fsp3) is 0.316. The molecule has 6 nitrogen and oxygen atoms in total. The fourth-order valence-electron chi connectivity index (χ4n) is 2.81. The maximum absolute atomic E-state index is 10.6. The molecular weight excluding hydrogens is 314 g/mol. The molecule has 2 atom stereocenters. The van der Waals surface area contributed by atoms with E-state index < -0.39 is 12.3 Å². The molecule has 0 saturated carbocycles. The van der Waals surface area contributed by atoms with Crippen LogP contribution in [-0.4, -0.2) is 44.2 Å². The predicted molar refractivity (Wildman–Crippen MR) is 102 cm³/mol. The molecule has 1 aliphatic rings. The van der Waals surface area contributed by atoms with Crippen LogP contribution in [0.5, 0.6) is 0 Å². The lowest BCUT2D eigenvalue weighted by Gasteiger charge is -2.24. The molecule has 0 spiro atoms. The summed E-state index contributed by atoms with van der Waals surface area (Å²) < 4.78 is 0.644. The third kappa shape index (κ3) is 3.60. The van der Waals surface area contributed by atoms with Crippen LogP contribution in [0.3, 0.4) is 0 Å². The molecule has 0 radical (unpaired) electrons. The molecule has 3 rings (SSSR count). The number of rotatable bonds is 4. The summed E-state index contributed by atoms with van der Waals surface area (Å²) in [5.41, 5.74) is 3.43. The van der Waals surface area contributed by atoms with Gasteiger partial charge in [-0.25, -0.2) is 5.01 Å². The minimum absolute atomic E-state index is 0.485. The zero-order valence-corrected chi connectivity index (χ0v) is 15.0. The zero-order chi connectivity index (χ0) is 18.0. The summed E-state index contributed by atoms with van der Waals surface area (Å²) in [5, 5.41) is 25.5. The number of hydrogen-bond acceptors (Lipinski definition) is 5. The molecule has 0 saturated heterocycles. The van der Waals surface area contributed by atoms with E-state index in [0.717, 1.165) is 22.8 Å². The molecule has 0 fully saturated rings. The van der Waals surface area contributed by atoms with Crippen molar-refractivity contribution in [1.29, 1.82) is 0 Å². The number of quaternary nitrogens is 1. The van der Waals surface area contributed by atoms with Crippen LogP contribution in [0.15, 0.2) is 69.9 Å². The van der Waals surface area contributed by atoms with Gasteiger partial charge in [0.1, 0.15) is 5.69 Å². The van der Waals surface area contributed by atoms with Gasteiger partial charge in [0.25, 0.3) is 0 Å². The van der Waals surface area contributed by atoms with Crippen LogP contribution in [-0.2, 0) is 0 Å². The highest BCUT2D eigenvalue weighted by Crippen LogP contribution is 2.32. The SMILES string of the molecule is CC1=NN(c2ccccc2)C(O)C1/N=N/c1ccccc1[N+](C)(C)C. The van der Waals surface area contributed by atoms with Gasteiger partial charge in [-0.1, -0.05) is 30.3 Å². The van der Waals surface area contributed by atoms with E-state index in [4.69, 9.17) is 0 Å². The summed E-state index contributed by atoms with van der Waals surface area (Å²) in [6, 6.07) is 17.0. The summed E-state index contributed by atoms with van der Waals surface area (Å²) in [7, 11) is 6.26. The van der Waals surface area contributed by atoms with E-state index in [0.29, 0.717) is 4.48 Å². The Hall–Kier alpha value is -2.57. The number of nitrogens with zero attached hydrogens (tertiary/aromatic N) is 5. The Labute approximate surface area is 148 Å². The van der Waals surface area contributed by atoms with Gasteiger partial charge in [0.05, 0.1) is 32.5 Å². The quantitative estimate of drug-likeness (QED) is 0.684. The first-order valence-electron chi connectivity index (χ1n) is 8.27. The highest BCUT2D eigenvalue weighted by atomic mass is 16.3. The normalized spacial score (nSPS) is 21.0. The van der Waals surface area contributed by atoms with Crippen molar-refractivity contribution in [1.82, 2.24) is 4.48 Å². The minimum atomic E-state index is -0.859. The first-order valence-corrected chi connectivity index (χ1v) is 8.27. The smallest absolute Gasteiger partial charge is 0.177 e. The van der Waals surface area contributed by atoms with Crippen molar-refractivity contribution in [2.24, 2.45) is 15.3 Å². The Kier molecular flexibility index (Phi) is 4.65. The molecule has 6 heteroatoms. The van der Waals surface area contributed by atoms with Crippen LogP contribution in [0.1, 0.15) is 6.92 Å². The summed E-state index contributed by atoms with van der Waals surface area (Å²) in [5.74, 6) is 0. The third-order valence-corrected chi connectivity index (χ3v) is 4.14. The highest BCUT2D eigenvalue weighted by Gasteiger charge is 2.35. The highest BCUT2D eigenvalue weighted by molar-refractivity contribution is 5.91. The van der Waals surface area contributed by atoms with Gasteiger partial charge in [0, 0.05) is 6.07 Å². The van der Waals surface area contributed by atoms with Crippen LogP contribution < -0.4 is 9.49 Å². The molecule has 1 N–H and O–H groups in total. The van der Waals surface area contributed by atoms with E-state index in [-0.39, 0.29) is 0 Å². The van der Waals surface area contributed by atoms with Gasteiger partial charge in [0.2, 0.25) is 0 Å². The van der Waals surface area contributed by atoms with E-state index in [9.17, 15) is 5.11 Å². The minimum Gasteiger partial charge on any atom is -0.369 e. The Balaban J connectivity index is 1.85.